The Balaban J connectivity index is 1.63. The van der Waals surface area contributed by atoms with E-state index in [1.54, 1.807) is 15.9 Å². The molecule has 0 saturated carbocycles. The van der Waals surface area contributed by atoms with Gasteiger partial charge < -0.3 is 14.9 Å². The molecule has 0 unspecified atom stereocenters. The minimum absolute atomic E-state index is 0.0397. The van der Waals surface area contributed by atoms with Gasteiger partial charge in [0.25, 0.3) is 17.5 Å². The molecule has 144 valence electrons. The van der Waals surface area contributed by atoms with Crippen LogP contribution in [-0.2, 0) is 0 Å². The van der Waals surface area contributed by atoms with Crippen LogP contribution in [0.3, 0.4) is 0 Å². The van der Waals surface area contributed by atoms with Crippen molar-refractivity contribution >= 4 is 23.5 Å². The molecule has 3 rings (SSSR count). The summed E-state index contributed by atoms with van der Waals surface area (Å²) in [5, 5.41) is 19.7. The van der Waals surface area contributed by atoms with Gasteiger partial charge in [0, 0.05) is 49.4 Å². The predicted octanol–water partition coefficient (Wildman–Crippen LogP) is 1.89. The average Bonchev–Trinajstić information content (AvgIpc) is 2.73. The molecule has 1 aliphatic rings. The van der Waals surface area contributed by atoms with E-state index in [1.165, 1.54) is 42.5 Å². The van der Waals surface area contributed by atoms with E-state index in [-0.39, 0.29) is 28.6 Å². The number of carboxylic acids is 1. The van der Waals surface area contributed by atoms with Crippen molar-refractivity contribution in [3.05, 3.63) is 75.3 Å². The fraction of sp³-hybridized carbons (Fsp3) is 0.211. The highest BCUT2D eigenvalue weighted by atomic mass is 16.6. The van der Waals surface area contributed by atoms with Gasteiger partial charge in [0.15, 0.2) is 0 Å². The van der Waals surface area contributed by atoms with Gasteiger partial charge in [-0.05, 0) is 30.3 Å². The molecular weight excluding hydrogens is 366 g/mol. The van der Waals surface area contributed by atoms with Crippen molar-refractivity contribution in [2.24, 2.45) is 0 Å². The number of nitro groups is 1. The number of carboxylic acid groups (broad SMARTS) is 1. The first-order valence-electron chi connectivity index (χ1n) is 8.53. The first kappa shape index (κ1) is 19.0. The number of nitro benzene ring substituents is 1. The van der Waals surface area contributed by atoms with Gasteiger partial charge in [-0.15, -0.1) is 0 Å². The Morgan fingerprint density at radius 2 is 1.32 bits per heavy atom. The number of carbonyl (C=O) groups is 3. The third-order valence-electron chi connectivity index (χ3n) is 4.54. The van der Waals surface area contributed by atoms with Crippen molar-refractivity contribution in [2.75, 3.05) is 26.2 Å². The molecule has 0 atom stereocenters. The summed E-state index contributed by atoms with van der Waals surface area (Å²) in [5.41, 5.74) is 0.586. The topological polar surface area (TPSA) is 121 Å². The van der Waals surface area contributed by atoms with Crippen LogP contribution in [0.1, 0.15) is 31.1 Å². The lowest BCUT2D eigenvalue weighted by molar-refractivity contribution is -0.384. The molecule has 2 amide bonds. The number of nitrogens with zero attached hydrogens (tertiary/aromatic N) is 3. The highest BCUT2D eigenvalue weighted by Gasteiger charge is 2.26. The number of rotatable bonds is 4. The second kappa shape index (κ2) is 7.87. The van der Waals surface area contributed by atoms with E-state index < -0.39 is 10.9 Å². The number of hydrogen-bond donors (Lipinski definition) is 1. The fourth-order valence-corrected chi connectivity index (χ4v) is 2.99. The molecule has 0 aliphatic carbocycles. The van der Waals surface area contributed by atoms with E-state index in [9.17, 15) is 24.5 Å². The second-order valence-electron chi connectivity index (χ2n) is 6.27. The Morgan fingerprint density at radius 3 is 1.82 bits per heavy atom. The zero-order chi connectivity index (χ0) is 20.3. The molecule has 0 radical (unpaired) electrons. The zero-order valence-electron chi connectivity index (χ0n) is 14.8. The summed E-state index contributed by atoms with van der Waals surface area (Å²) < 4.78 is 0. The number of non-ortho nitro benzene ring substituents is 1. The van der Waals surface area contributed by atoms with Gasteiger partial charge in [-0.2, -0.15) is 0 Å². The summed E-state index contributed by atoms with van der Waals surface area (Å²) in [7, 11) is 0. The van der Waals surface area contributed by atoms with Crippen molar-refractivity contribution in [1.82, 2.24) is 9.80 Å². The van der Waals surface area contributed by atoms with Gasteiger partial charge >= 0.3 is 5.97 Å². The number of carbonyl (C=O) groups excluding carboxylic acids is 2. The van der Waals surface area contributed by atoms with E-state index in [2.05, 4.69) is 0 Å². The molecule has 0 spiro atoms. The third kappa shape index (κ3) is 3.98. The van der Waals surface area contributed by atoms with Crippen LogP contribution in [-0.4, -0.2) is 63.8 Å². The summed E-state index contributed by atoms with van der Waals surface area (Å²) in [6.07, 6.45) is 0. The van der Waals surface area contributed by atoms with Gasteiger partial charge in [-0.3, -0.25) is 19.7 Å². The van der Waals surface area contributed by atoms with E-state index >= 15 is 0 Å². The van der Waals surface area contributed by atoms with Crippen molar-refractivity contribution in [3.8, 4) is 0 Å². The molecule has 2 aromatic carbocycles. The highest BCUT2D eigenvalue weighted by molar-refractivity contribution is 5.98. The standard InChI is InChI=1S/C19H17N3O6/c23-17(13-4-6-16(7-5-13)22(27)28)20-8-10-21(11-9-20)18(24)14-2-1-3-15(12-14)19(25)26/h1-7,12H,8-11H2,(H,25,26). The quantitative estimate of drug-likeness (QED) is 0.636. The molecule has 2 aromatic rings. The van der Waals surface area contributed by atoms with Crippen molar-refractivity contribution in [1.29, 1.82) is 0 Å². The number of benzene rings is 2. The van der Waals surface area contributed by atoms with Crippen LogP contribution in [0.2, 0.25) is 0 Å². The smallest absolute Gasteiger partial charge is 0.335 e. The van der Waals surface area contributed by atoms with Gasteiger partial charge in [0.2, 0.25) is 0 Å². The van der Waals surface area contributed by atoms with E-state index in [0.29, 0.717) is 31.7 Å². The number of aromatic carboxylic acids is 1. The molecule has 1 aliphatic heterocycles. The molecule has 1 N–H and O–H groups in total. The summed E-state index contributed by atoms with van der Waals surface area (Å²) in [6, 6.07) is 11.2. The summed E-state index contributed by atoms with van der Waals surface area (Å²) in [6.45, 7) is 1.27. The Bertz CT molecular complexity index is 933. The molecule has 0 bridgehead atoms. The van der Waals surface area contributed by atoms with Crippen LogP contribution in [0.4, 0.5) is 5.69 Å². The number of amides is 2. The SMILES string of the molecule is O=C(O)c1cccc(C(=O)N2CCN(C(=O)c3ccc([N+](=O)[O-])cc3)CC2)c1. The lowest BCUT2D eigenvalue weighted by atomic mass is 10.1. The Hall–Kier alpha value is -3.75. The molecule has 1 fully saturated rings. The van der Waals surface area contributed by atoms with Crippen LogP contribution >= 0.6 is 0 Å². The normalized spacial score (nSPS) is 13.9. The fourth-order valence-electron chi connectivity index (χ4n) is 2.99. The molecule has 1 saturated heterocycles. The molecule has 9 heteroatoms. The lowest BCUT2D eigenvalue weighted by Crippen LogP contribution is -2.50. The molecule has 1 heterocycles. The van der Waals surface area contributed by atoms with E-state index in [0.717, 1.165) is 0 Å². The largest absolute Gasteiger partial charge is 0.478 e. The maximum Gasteiger partial charge on any atom is 0.335 e. The maximum absolute atomic E-state index is 12.6. The monoisotopic (exact) mass is 383 g/mol. The number of hydrogen-bond acceptors (Lipinski definition) is 5. The molecule has 28 heavy (non-hydrogen) atoms. The van der Waals surface area contributed by atoms with Crippen molar-refractivity contribution in [2.45, 2.75) is 0 Å². The van der Waals surface area contributed by atoms with E-state index in [4.69, 9.17) is 5.11 Å². The van der Waals surface area contributed by atoms with Gasteiger partial charge in [0.05, 0.1) is 10.5 Å². The minimum atomic E-state index is -1.10. The van der Waals surface area contributed by atoms with Crippen molar-refractivity contribution in [3.63, 3.8) is 0 Å². The van der Waals surface area contributed by atoms with Gasteiger partial charge in [0.1, 0.15) is 0 Å². The third-order valence-corrected chi connectivity index (χ3v) is 4.54. The molecule has 9 nitrogen and oxygen atoms in total. The van der Waals surface area contributed by atoms with E-state index in [1.807, 2.05) is 0 Å². The predicted molar refractivity (Wildman–Crippen MR) is 98.3 cm³/mol. The molecule has 0 aromatic heterocycles. The Morgan fingerprint density at radius 1 is 0.821 bits per heavy atom. The Labute approximate surface area is 159 Å². The summed E-state index contributed by atoms with van der Waals surface area (Å²) in [4.78, 5) is 49.5. The number of piperazine rings is 1. The lowest BCUT2D eigenvalue weighted by Gasteiger charge is -2.35. The first-order valence-corrected chi connectivity index (χ1v) is 8.53. The maximum atomic E-state index is 12.6. The summed E-state index contributed by atoms with van der Waals surface area (Å²) in [5.74, 6) is -1.64. The minimum Gasteiger partial charge on any atom is -0.478 e. The second-order valence-corrected chi connectivity index (χ2v) is 6.27. The Kier molecular flexibility index (Phi) is 5.35. The summed E-state index contributed by atoms with van der Waals surface area (Å²) >= 11 is 0. The van der Waals surface area contributed by atoms with Gasteiger partial charge in [-0.1, -0.05) is 6.07 Å². The van der Waals surface area contributed by atoms with Crippen LogP contribution in [0.25, 0.3) is 0 Å². The molecular formula is C19H17N3O6. The van der Waals surface area contributed by atoms with Crippen LogP contribution in [0.5, 0.6) is 0 Å². The average molecular weight is 383 g/mol. The van der Waals surface area contributed by atoms with Crippen LogP contribution in [0.15, 0.2) is 48.5 Å². The van der Waals surface area contributed by atoms with Gasteiger partial charge in [-0.25, -0.2) is 4.79 Å². The highest BCUT2D eigenvalue weighted by Crippen LogP contribution is 2.16. The van der Waals surface area contributed by atoms with Crippen LogP contribution < -0.4 is 0 Å². The van der Waals surface area contributed by atoms with Crippen molar-refractivity contribution < 1.29 is 24.4 Å². The van der Waals surface area contributed by atoms with Crippen LogP contribution in [0, 0.1) is 10.1 Å². The first-order chi connectivity index (χ1) is 13.4. The zero-order valence-corrected chi connectivity index (χ0v) is 14.8.